The topological polar surface area (TPSA) is 206 Å². The SMILES string of the molecule is CCc1csc(NC(C(=O)N2C[C@@H](Oc3cc(-c4csc(NC(C)C)n4)nc4cc(OC)ccc34)C[C@H]2C(=O)N[C@@H]2CC=CCCCCC(=O)Nc3ccccc3NC(=O)C2=O)C(C)C)n1. The standard InChI is InChI=1S/C48H57N9O7S2/c1-7-29-25-65-48(50-29)56-42(27(2)3)46(62)57-24-31(64-40-23-37(38-26-66-47(55-38)49-28(4)5)51-36-21-30(63-6)19-20-32(36)40)22-39(57)44(60)54-35-17-11-9-8-10-12-18-41(58)52-33-15-13-14-16-34(33)53-45(61)43(35)59/h9,11,13-16,19-21,23,25-28,31,35,39,42H,7-8,10,12,17-18,22,24H2,1-6H3,(H,49,55)(H,50,56)(H,52,58)(H,53,61)(H,54,60)/t31-,35+,39-,42?/m0/s1. The minimum absolute atomic E-state index is 0.0255. The van der Waals surface area contributed by atoms with Crippen molar-refractivity contribution in [2.75, 3.05) is 34.9 Å². The van der Waals surface area contributed by atoms with Gasteiger partial charge in [-0.15, -0.1) is 22.7 Å². The second-order valence-corrected chi connectivity index (χ2v) is 18.7. The van der Waals surface area contributed by atoms with Crippen molar-refractivity contribution < 1.29 is 33.4 Å². The molecular formula is C48H57N9O7S2. The number of methoxy groups -OCH3 is 1. The lowest BCUT2D eigenvalue weighted by molar-refractivity contribution is -0.141. The van der Waals surface area contributed by atoms with Crippen LogP contribution in [0.4, 0.5) is 21.6 Å². The summed E-state index contributed by atoms with van der Waals surface area (Å²) < 4.78 is 12.4. The maximum atomic E-state index is 14.9. The molecule has 348 valence electrons. The number of nitrogens with zero attached hydrogens (tertiary/aromatic N) is 4. The number of benzene rings is 2. The number of aryl methyl sites for hydroxylation is 1. The Morgan fingerprint density at radius 2 is 1.65 bits per heavy atom. The molecule has 0 aliphatic carbocycles. The second-order valence-electron chi connectivity index (χ2n) is 17.0. The summed E-state index contributed by atoms with van der Waals surface area (Å²) in [5.41, 5.74) is 3.31. The Bertz CT molecular complexity index is 2590. The molecule has 4 amide bonds. The van der Waals surface area contributed by atoms with Crippen molar-refractivity contribution in [1.82, 2.24) is 25.2 Å². The summed E-state index contributed by atoms with van der Waals surface area (Å²) in [4.78, 5) is 85.9. The Morgan fingerprint density at radius 1 is 0.894 bits per heavy atom. The highest BCUT2D eigenvalue weighted by Gasteiger charge is 2.45. The molecule has 1 fully saturated rings. The lowest BCUT2D eigenvalue weighted by Crippen LogP contribution is -2.55. The minimum Gasteiger partial charge on any atom is -0.497 e. The Labute approximate surface area is 392 Å². The van der Waals surface area contributed by atoms with Gasteiger partial charge in [0.25, 0.3) is 5.91 Å². The van der Waals surface area contributed by atoms with E-state index in [1.165, 1.54) is 27.6 Å². The van der Waals surface area contributed by atoms with Crippen LogP contribution in [0.3, 0.4) is 0 Å². The number of nitrogens with one attached hydrogen (secondary N) is 5. The summed E-state index contributed by atoms with van der Waals surface area (Å²) in [6, 6.07) is 11.0. The first-order valence-electron chi connectivity index (χ1n) is 22.4. The van der Waals surface area contributed by atoms with E-state index in [1.54, 1.807) is 37.5 Å². The van der Waals surface area contributed by atoms with E-state index in [4.69, 9.17) is 19.4 Å². The first-order valence-corrected chi connectivity index (χ1v) is 24.1. The van der Waals surface area contributed by atoms with Crippen LogP contribution in [0.1, 0.15) is 78.8 Å². The van der Waals surface area contributed by atoms with E-state index in [2.05, 4.69) is 31.6 Å². The summed E-state index contributed by atoms with van der Waals surface area (Å²) >= 11 is 2.87. The van der Waals surface area contributed by atoms with Crippen LogP contribution in [0.5, 0.6) is 11.5 Å². The molecule has 7 rings (SSSR count). The van der Waals surface area contributed by atoms with Crippen molar-refractivity contribution in [2.24, 2.45) is 5.92 Å². The molecule has 2 aromatic carbocycles. The van der Waals surface area contributed by atoms with Gasteiger partial charge in [0.2, 0.25) is 23.5 Å². The van der Waals surface area contributed by atoms with Crippen LogP contribution >= 0.6 is 22.7 Å². The van der Waals surface area contributed by atoms with Gasteiger partial charge in [0.1, 0.15) is 41.4 Å². The molecule has 18 heteroatoms. The van der Waals surface area contributed by atoms with E-state index in [0.29, 0.717) is 63.9 Å². The fourth-order valence-corrected chi connectivity index (χ4v) is 9.49. The van der Waals surface area contributed by atoms with Crippen LogP contribution in [0.2, 0.25) is 0 Å². The lowest BCUT2D eigenvalue weighted by Gasteiger charge is -2.31. The number of carbonyl (C=O) groups is 5. The van der Waals surface area contributed by atoms with Crippen LogP contribution in [0.15, 0.2) is 71.4 Å². The van der Waals surface area contributed by atoms with E-state index in [0.717, 1.165) is 23.7 Å². The lowest BCUT2D eigenvalue weighted by atomic mass is 10.0. The molecule has 2 aliphatic rings. The maximum Gasteiger partial charge on any atom is 0.294 e. The average molecular weight is 936 g/mol. The van der Waals surface area contributed by atoms with Gasteiger partial charge in [-0.3, -0.25) is 24.0 Å². The number of Topliss-reactive ketones (excluding diaryl/α,β-unsaturated/α-hetero) is 1. The van der Waals surface area contributed by atoms with Crippen LogP contribution in [0, 0.1) is 5.92 Å². The van der Waals surface area contributed by atoms with Gasteiger partial charge in [0, 0.05) is 47.2 Å². The van der Waals surface area contributed by atoms with Crippen molar-refractivity contribution in [2.45, 2.75) is 110 Å². The van der Waals surface area contributed by atoms with Crippen molar-refractivity contribution >= 4 is 84.6 Å². The number of anilines is 4. The number of thiazole rings is 2. The molecule has 16 nitrogen and oxygen atoms in total. The first kappa shape index (κ1) is 47.6. The van der Waals surface area contributed by atoms with Crippen LogP contribution in [-0.4, -0.2) is 93.2 Å². The number of likely N-dealkylation sites (tertiary alicyclic amines) is 1. The zero-order valence-electron chi connectivity index (χ0n) is 38.0. The Balaban J connectivity index is 1.21. The monoisotopic (exact) mass is 935 g/mol. The Kier molecular flexibility index (Phi) is 15.7. The Hall–Kier alpha value is -6.40. The van der Waals surface area contributed by atoms with Gasteiger partial charge in [-0.2, -0.15) is 0 Å². The number of carbonyl (C=O) groups excluding carboxylic acids is 5. The van der Waals surface area contributed by atoms with E-state index in [1.807, 2.05) is 75.7 Å². The molecule has 0 bridgehead atoms. The highest BCUT2D eigenvalue weighted by atomic mass is 32.1. The predicted octanol–water partition coefficient (Wildman–Crippen LogP) is 7.84. The molecule has 2 aliphatic heterocycles. The Morgan fingerprint density at radius 3 is 2.38 bits per heavy atom. The number of rotatable bonds is 13. The average Bonchev–Trinajstić information content (AvgIpc) is 4.07. The zero-order chi connectivity index (χ0) is 46.9. The van der Waals surface area contributed by atoms with Crippen LogP contribution in [-0.2, 0) is 30.4 Å². The molecule has 0 spiro atoms. The second kappa shape index (κ2) is 21.7. The number of ether oxygens (including phenoxy) is 2. The van der Waals surface area contributed by atoms with Crippen molar-refractivity contribution in [3.63, 3.8) is 0 Å². The van der Waals surface area contributed by atoms with Crippen molar-refractivity contribution in [3.8, 4) is 22.9 Å². The highest BCUT2D eigenvalue weighted by Crippen LogP contribution is 2.36. The summed E-state index contributed by atoms with van der Waals surface area (Å²) in [6.45, 7) is 9.97. The van der Waals surface area contributed by atoms with Gasteiger partial charge in [0.05, 0.1) is 41.9 Å². The van der Waals surface area contributed by atoms with Crippen LogP contribution in [0.25, 0.3) is 22.3 Å². The molecule has 3 aromatic heterocycles. The number of aromatic nitrogens is 3. The number of allylic oxidation sites excluding steroid dienone is 1. The van der Waals surface area contributed by atoms with Gasteiger partial charge < -0.3 is 41.0 Å². The fraction of sp³-hybridized carbons (Fsp3) is 0.417. The largest absolute Gasteiger partial charge is 0.497 e. The molecule has 0 saturated carbocycles. The number of hydrogen-bond donors (Lipinski definition) is 5. The number of amides is 4. The third kappa shape index (κ3) is 11.7. The zero-order valence-corrected chi connectivity index (χ0v) is 39.6. The normalized spacial score (nSPS) is 18.8. The summed E-state index contributed by atoms with van der Waals surface area (Å²) in [5, 5.41) is 20.9. The molecule has 5 heterocycles. The first-order chi connectivity index (χ1) is 31.8. The molecule has 4 atom stereocenters. The fourth-order valence-electron chi connectivity index (χ4n) is 7.81. The number of para-hydroxylation sites is 2. The van der Waals surface area contributed by atoms with Crippen molar-refractivity contribution in [3.05, 3.63) is 77.1 Å². The van der Waals surface area contributed by atoms with Gasteiger partial charge in [-0.25, -0.2) is 15.0 Å². The third-order valence-electron chi connectivity index (χ3n) is 11.3. The van der Waals surface area contributed by atoms with Gasteiger partial charge in [-0.05, 0) is 76.1 Å². The minimum atomic E-state index is -1.27. The highest BCUT2D eigenvalue weighted by molar-refractivity contribution is 7.14. The van der Waals surface area contributed by atoms with Crippen LogP contribution < -0.4 is 36.1 Å². The van der Waals surface area contributed by atoms with Gasteiger partial charge in [0.15, 0.2) is 10.3 Å². The van der Waals surface area contributed by atoms with E-state index >= 15 is 0 Å². The summed E-state index contributed by atoms with van der Waals surface area (Å²) in [6.07, 6.45) is 6.08. The molecule has 5 N–H and O–H groups in total. The predicted molar refractivity (Wildman–Crippen MR) is 259 cm³/mol. The molecule has 66 heavy (non-hydrogen) atoms. The number of pyridine rings is 1. The molecular weight excluding hydrogens is 879 g/mol. The smallest absolute Gasteiger partial charge is 0.294 e. The number of ketones is 1. The summed E-state index contributed by atoms with van der Waals surface area (Å²) in [7, 11) is 1.58. The molecule has 0 radical (unpaired) electrons. The number of hydrogen-bond acceptors (Lipinski definition) is 14. The van der Waals surface area contributed by atoms with E-state index < -0.39 is 41.8 Å². The quantitative estimate of drug-likeness (QED) is 0.0566. The molecule has 1 saturated heterocycles. The van der Waals surface area contributed by atoms with E-state index in [-0.39, 0.29) is 48.8 Å². The van der Waals surface area contributed by atoms with Gasteiger partial charge >= 0.3 is 0 Å². The summed E-state index contributed by atoms with van der Waals surface area (Å²) in [5.74, 6) is -2.13. The maximum absolute atomic E-state index is 14.9. The van der Waals surface area contributed by atoms with Crippen molar-refractivity contribution in [1.29, 1.82) is 0 Å². The van der Waals surface area contributed by atoms with Gasteiger partial charge in [-0.1, -0.05) is 45.1 Å². The third-order valence-corrected chi connectivity index (χ3v) is 12.9. The molecule has 5 aromatic rings. The molecule has 1 unspecified atom stereocenters. The number of fused-ring (bicyclic) bond motifs is 2. The van der Waals surface area contributed by atoms with E-state index in [9.17, 15) is 24.0 Å².